The van der Waals surface area contributed by atoms with Gasteiger partial charge in [-0.1, -0.05) is 0 Å². The summed E-state index contributed by atoms with van der Waals surface area (Å²) in [7, 11) is 0. The molecule has 1 aromatic heterocycles. The molecule has 4 nitrogen and oxygen atoms in total. The highest BCUT2D eigenvalue weighted by atomic mass is 16.5. The number of ether oxygens (including phenoxy) is 1. The predicted molar refractivity (Wildman–Crippen MR) is 61.3 cm³/mol. The molecule has 0 aliphatic carbocycles. The fourth-order valence-electron chi connectivity index (χ4n) is 1.14. The lowest BCUT2D eigenvalue weighted by Gasteiger charge is -2.19. The summed E-state index contributed by atoms with van der Waals surface area (Å²) >= 11 is 0. The molecule has 0 unspecified atom stereocenters. The highest BCUT2D eigenvalue weighted by molar-refractivity contribution is 5.86. The first-order valence-corrected chi connectivity index (χ1v) is 5.43. The molecule has 0 aliphatic heterocycles. The van der Waals surface area contributed by atoms with Crippen molar-refractivity contribution in [3.63, 3.8) is 0 Å². The van der Waals surface area contributed by atoms with E-state index in [4.69, 9.17) is 9.15 Å². The standard InChI is InChI=1S/C12H19NO3/c1-5-15-11(14)10-7-6-9(16-10)8-13-12(2,3)4/h6-7,13H,5,8H2,1-4H3. The SMILES string of the molecule is CCOC(=O)c1ccc(CNC(C)(C)C)o1. The van der Waals surface area contributed by atoms with Crippen molar-refractivity contribution in [3.8, 4) is 0 Å². The van der Waals surface area contributed by atoms with E-state index in [1.165, 1.54) is 0 Å². The van der Waals surface area contributed by atoms with Crippen molar-refractivity contribution >= 4 is 5.97 Å². The van der Waals surface area contributed by atoms with Gasteiger partial charge >= 0.3 is 5.97 Å². The molecule has 1 rings (SSSR count). The summed E-state index contributed by atoms with van der Waals surface area (Å²) in [6, 6.07) is 3.42. The second kappa shape index (κ2) is 5.16. The van der Waals surface area contributed by atoms with Gasteiger partial charge in [-0.2, -0.15) is 0 Å². The normalized spacial score (nSPS) is 11.5. The Bertz CT molecular complexity index is 349. The van der Waals surface area contributed by atoms with Crippen LogP contribution in [0.1, 0.15) is 44.0 Å². The first-order chi connectivity index (χ1) is 7.42. The van der Waals surface area contributed by atoms with E-state index in [-0.39, 0.29) is 11.3 Å². The van der Waals surface area contributed by atoms with E-state index in [9.17, 15) is 4.79 Å². The van der Waals surface area contributed by atoms with Crippen LogP contribution in [0.5, 0.6) is 0 Å². The molecule has 16 heavy (non-hydrogen) atoms. The fraction of sp³-hybridized carbons (Fsp3) is 0.583. The Kier molecular flexibility index (Phi) is 4.12. The average Bonchev–Trinajstić information content (AvgIpc) is 2.62. The minimum atomic E-state index is -0.412. The third-order valence-corrected chi connectivity index (χ3v) is 1.93. The van der Waals surface area contributed by atoms with E-state index in [0.29, 0.717) is 13.2 Å². The largest absolute Gasteiger partial charge is 0.460 e. The second-order valence-electron chi connectivity index (χ2n) is 4.59. The molecule has 1 aromatic rings. The Hall–Kier alpha value is -1.29. The van der Waals surface area contributed by atoms with E-state index in [0.717, 1.165) is 5.76 Å². The third-order valence-electron chi connectivity index (χ3n) is 1.93. The summed E-state index contributed by atoms with van der Waals surface area (Å²) in [5.41, 5.74) is 0.0247. The molecule has 0 saturated heterocycles. The topological polar surface area (TPSA) is 51.5 Å². The Morgan fingerprint density at radius 2 is 2.12 bits per heavy atom. The van der Waals surface area contributed by atoms with Gasteiger partial charge in [-0.05, 0) is 39.8 Å². The highest BCUT2D eigenvalue weighted by Crippen LogP contribution is 2.10. The van der Waals surface area contributed by atoms with E-state index < -0.39 is 5.97 Å². The number of esters is 1. The Morgan fingerprint density at radius 1 is 1.44 bits per heavy atom. The summed E-state index contributed by atoms with van der Waals surface area (Å²) in [4.78, 5) is 11.3. The molecular weight excluding hydrogens is 206 g/mol. The van der Waals surface area contributed by atoms with Crippen LogP contribution in [-0.2, 0) is 11.3 Å². The molecule has 4 heteroatoms. The molecular formula is C12H19NO3. The van der Waals surface area contributed by atoms with Crippen molar-refractivity contribution in [2.24, 2.45) is 0 Å². The number of carbonyl (C=O) groups is 1. The number of nitrogens with one attached hydrogen (secondary N) is 1. The number of hydrogen-bond acceptors (Lipinski definition) is 4. The van der Waals surface area contributed by atoms with E-state index in [1.54, 1.807) is 19.1 Å². The van der Waals surface area contributed by atoms with Crippen LogP contribution in [0.3, 0.4) is 0 Å². The zero-order valence-electron chi connectivity index (χ0n) is 10.3. The van der Waals surface area contributed by atoms with Gasteiger partial charge in [0.25, 0.3) is 0 Å². The zero-order chi connectivity index (χ0) is 12.2. The van der Waals surface area contributed by atoms with Crippen LogP contribution >= 0.6 is 0 Å². The van der Waals surface area contributed by atoms with Crippen molar-refractivity contribution in [2.45, 2.75) is 39.8 Å². The van der Waals surface area contributed by atoms with Crippen LogP contribution in [0.4, 0.5) is 0 Å². The van der Waals surface area contributed by atoms with Crippen molar-refractivity contribution in [2.75, 3.05) is 6.61 Å². The molecule has 0 atom stereocenters. The fourth-order valence-corrected chi connectivity index (χ4v) is 1.14. The van der Waals surface area contributed by atoms with Crippen molar-refractivity contribution in [1.29, 1.82) is 0 Å². The lowest BCUT2D eigenvalue weighted by molar-refractivity contribution is 0.0488. The smallest absolute Gasteiger partial charge is 0.374 e. The lowest BCUT2D eigenvalue weighted by atomic mass is 10.1. The highest BCUT2D eigenvalue weighted by Gasteiger charge is 2.14. The summed E-state index contributed by atoms with van der Waals surface area (Å²) in [5, 5.41) is 3.28. The van der Waals surface area contributed by atoms with E-state index >= 15 is 0 Å². The van der Waals surface area contributed by atoms with Gasteiger partial charge in [0.1, 0.15) is 5.76 Å². The van der Waals surface area contributed by atoms with Gasteiger partial charge in [0.15, 0.2) is 0 Å². The van der Waals surface area contributed by atoms with Crippen LogP contribution in [0, 0.1) is 0 Å². The molecule has 0 amide bonds. The van der Waals surface area contributed by atoms with Crippen LogP contribution in [-0.4, -0.2) is 18.1 Å². The molecule has 0 saturated carbocycles. The maximum absolute atomic E-state index is 11.3. The summed E-state index contributed by atoms with van der Waals surface area (Å²) in [5.74, 6) is 0.579. The van der Waals surface area contributed by atoms with Gasteiger partial charge < -0.3 is 14.5 Å². The van der Waals surface area contributed by atoms with Crippen molar-refractivity contribution in [3.05, 3.63) is 23.7 Å². The summed E-state index contributed by atoms with van der Waals surface area (Å²) in [6.45, 7) is 8.94. The van der Waals surface area contributed by atoms with E-state index in [2.05, 4.69) is 26.1 Å². The number of rotatable bonds is 4. The second-order valence-corrected chi connectivity index (χ2v) is 4.59. The number of furan rings is 1. The Labute approximate surface area is 96.0 Å². The van der Waals surface area contributed by atoms with E-state index in [1.807, 2.05) is 0 Å². The molecule has 0 bridgehead atoms. The maximum atomic E-state index is 11.3. The maximum Gasteiger partial charge on any atom is 0.374 e. The van der Waals surface area contributed by atoms with Crippen molar-refractivity contribution < 1.29 is 13.9 Å². The van der Waals surface area contributed by atoms with Crippen LogP contribution in [0.25, 0.3) is 0 Å². The van der Waals surface area contributed by atoms with Crippen LogP contribution in [0.15, 0.2) is 16.5 Å². The molecule has 0 aliphatic rings. The predicted octanol–water partition coefficient (Wildman–Crippen LogP) is 2.34. The molecule has 0 radical (unpaired) electrons. The molecule has 0 fully saturated rings. The number of carbonyl (C=O) groups excluding carboxylic acids is 1. The number of hydrogen-bond donors (Lipinski definition) is 1. The average molecular weight is 225 g/mol. The lowest BCUT2D eigenvalue weighted by Crippen LogP contribution is -2.34. The minimum Gasteiger partial charge on any atom is -0.460 e. The molecule has 1 heterocycles. The van der Waals surface area contributed by atoms with Gasteiger partial charge in [0.2, 0.25) is 5.76 Å². The van der Waals surface area contributed by atoms with Gasteiger partial charge in [-0.3, -0.25) is 0 Å². The van der Waals surface area contributed by atoms with Gasteiger partial charge in [0.05, 0.1) is 13.2 Å². The van der Waals surface area contributed by atoms with Crippen LogP contribution in [0.2, 0.25) is 0 Å². The first kappa shape index (κ1) is 12.8. The molecule has 1 N–H and O–H groups in total. The van der Waals surface area contributed by atoms with Gasteiger partial charge in [-0.25, -0.2) is 4.79 Å². The first-order valence-electron chi connectivity index (χ1n) is 5.43. The zero-order valence-corrected chi connectivity index (χ0v) is 10.3. The monoisotopic (exact) mass is 225 g/mol. The van der Waals surface area contributed by atoms with Gasteiger partial charge in [-0.15, -0.1) is 0 Å². The molecule has 0 spiro atoms. The molecule has 0 aromatic carbocycles. The minimum absolute atomic E-state index is 0.0247. The summed E-state index contributed by atoms with van der Waals surface area (Å²) in [6.07, 6.45) is 0. The molecule has 90 valence electrons. The quantitative estimate of drug-likeness (QED) is 0.799. The van der Waals surface area contributed by atoms with Crippen molar-refractivity contribution in [1.82, 2.24) is 5.32 Å². The van der Waals surface area contributed by atoms with Gasteiger partial charge in [0, 0.05) is 5.54 Å². The Morgan fingerprint density at radius 3 is 2.69 bits per heavy atom. The third kappa shape index (κ3) is 4.06. The summed E-state index contributed by atoms with van der Waals surface area (Å²) < 4.78 is 10.2. The van der Waals surface area contributed by atoms with Crippen LogP contribution < -0.4 is 5.32 Å². The Balaban J connectivity index is 2.55.